The fourth-order valence-corrected chi connectivity index (χ4v) is 1.78. The van der Waals surface area contributed by atoms with E-state index in [1.165, 1.54) is 16.7 Å². The Bertz CT molecular complexity index is 356. The Hall–Kier alpha value is -1.30. The highest BCUT2D eigenvalue weighted by Gasteiger charge is 2.04. The van der Waals surface area contributed by atoms with E-state index in [0.717, 1.165) is 12.8 Å². The molecule has 0 heterocycles. The van der Waals surface area contributed by atoms with Crippen molar-refractivity contribution in [2.45, 2.75) is 19.8 Å². The molecule has 0 aromatic heterocycles. The van der Waals surface area contributed by atoms with E-state index in [0.29, 0.717) is 0 Å². The third kappa shape index (κ3) is 1.57. The predicted molar refractivity (Wildman–Crippen MR) is 58.4 cm³/mol. The number of fused-ring (bicyclic) bond motifs is 1. The zero-order valence-electron chi connectivity index (χ0n) is 7.96. The summed E-state index contributed by atoms with van der Waals surface area (Å²) in [4.78, 5) is 0. The molecule has 2 rings (SSSR count). The maximum Gasteiger partial charge on any atom is -0.0155 e. The van der Waals surface area contributed by atoms with Crippen molar-refractivity contribution in [3.63, 3.8) is 0 Å². The summed E-state index contributed by atoms with van der Waals surface area (Å²) in [5.41, 5.74) is 4.23. The van der Waals surface area contributed by atoms with Crippen LogP contribution >= 0.6 is 0 Å². The normalized spacial score (nSPS) is 14.7. The van der Waals surface area contributed by atoms with Gasteiger partial charge in [0.05, 0.1) is 0 Å². The first-order valence-electron chi connectivity index (χ1n) is 4.87. The number of benzene rings is 1. The van der Waals surface area contributed by atoms with E-state index in [-0.39, 0.29) is 0 Å². The summed E-state index contributed by atoms with van der Waals surface area (Å²) >= 11 is 0. The smallest absolute Gasteiger partial charge is 0.0155 e. The lowest BCUT2D eigenvalue weighted by Gasteiger charge is -2.06. The SMILES string of the molecule is CCC1=CCC=Cc2ccccc21. The molecule has 0 bridgehead atoms. The van der Waals surface area contributed by atoms with Crippen molar-refractivity contribution in [1.29, 1.82) is 0 Å². The van der Waals surface area contributed by atoms with Gasteiger partial charge in [-0.2, -0.15) is 0 Å². The molecular formula is C13H14. The molecule has 0 amide bonds. The highest BCUT2D eigenvalue weighted by Crippen LogP contribution is 2.26. The molecule has 0 N–H and O–H groups in total. The predicted octanol–water partition coefficient (Wildman–Crippen LogP) is 3.90. The minimum absolute atomic E-state index is 1.07. The van der Waals surface area contributed by atoms with Gasteiger partial charge >= 0.3 is 0 Å². The lowest BCUT2D eigenvalue weighted by Crippen LogP contribution is -1.85. The van der Waals surface area contributed by atoms with Crippen LogP contribution in [0.2, 0.25) is 0 Å². The molecule has 1 aliphatic carbocycles. The van der Waals surface area contributed by atoms with Gasteiger partial charge in [0, 0.05) is 0 Å². The summed E-state index contributed by atoms with van der Waals surface area (Å²) in [5.74, 6) is 0. The van der Waals surface area contributed by atoms with Crippen LogP contribution in [0.1, 0.15) is 30.9 Å². The third-order valence-electron chi connectivity index (χ3n) is 2.49. The van der Waals surface area contributed by atoms with Gasteiger partial charge in [-0.05, 0) is 29.5 Å². The molecule has 1 aromatic carbocycles. The Morgan fingerprint density at radius 2 is 2.08 bits per heavy atom. The van der Waals surface area contributed by atoms with Crippen molar-refractivity contribution in [2.75, 3.05) is 0 Å². The standard InChI is InChI=1S/C13H14/c1-2-11-7-3-4-8-12-9-5-6-10-13(11)12/h4-10H,2-3H2,1H3. The summed E-state index contributed by atoms with van der Waals surface area (Å²) in [6.45, 7) is 2.22. The number of rotatable bonds is 1. The van der Waals surface area contributed by atoms with Crippen LogP contribution in [0, 0.1) is 0 Å². The van der Waals surface area contributed by atoms with E-state index in [9.17, 15) is 0 Å². The van der Waals surface area contributed by atoms with Crippen LogP contribution in [0.25, 0.3) is 11.6 Å². The molecule has 0 heteroatoms. The number of allylic oxidation sites excluding steroid dienone is 3. The first kappa shape index (κ1) is 8.31. The third-order valence-corrected chi connectivity index (χ3v) is 2.49. The lowest BCUT2D eigenvalue weighted by molar-refractivity contribution is 1.22. The van der Waals surface area contributed by atoms with Crippen LogP contribution in [0.5, 0.6) is 0 Å². The van der Waals surface area contributed by atoms with E-state index < -0.39 is 0 Å². The Kier molecular flexibility index (Phi) is 2.31. The summed E-state index contributed by atoms with van der Waals surface area (Å²) < 4.78 is 0. The Morgan fingerprint density at radius 3 is 2.92 bits per heavy atom. The molecule has 0 aliphatic heterocycles. The van der Waals surface area contributed by atoms with Crippen molar-refractivity contribution in [2.24, 2.45) is 0 Å². The average molecular weight is 170 g/mol. The van der Waals surface area contributed by atoms with Gasteiger partial charge in [0.25, 0.3) is 0 Å². The van der Waals surface area contributed by atoms with Crippen molar-refractivity contribution in [3.8, 4) is 0 Å². The molecule has 0 nitrogen and oxygen atoms in total. The Morgan fingerprint density at radius 1 is 1.23 bits per heavy atom. The van der Waals surface area contributed by atoms with E-state index in [1.807, 2.05) is 0 Å². The van der Waals surface area contributed by atoms with Gasteiger partial charge in [-0.1, -0.05) is 49.4 Å². The highest BCUT2D eigenvalue weighted by atomic mass is 14.1. The van der Waals surface area contributed by atoms with Crippen molar-refractivity contribution >= 4 is 11.6 Å². The quantitative estimate of drug-likeness (QED) is 0.599. The molecule has 66 valence electrons. The van der Waals surface area contributed by atoms with Crippen LogP contribution < -0.4 is 0 Å². The van der Waals surface area contributed by atoms with Gasteiger partial charge in [0.1, 0.15) is 0 Å². The van der Waals surface area contributed by atoms with E-state index in [1.54, 1.807) is 0 Å². The van der Waals surface area contributed by atoms with Crippen molar-refractivity contribution in [3.05, 3.63) is 47.5 Å². The van der Waals surface area contributed by atoms with Gasteiger partial charge in [-0.15, -0.1) is 0 Å². The summed E-state index contributed by atoms with van der Waals surface area (Å²) in [6, 6.07) is 8.60. The Balaban J connectivity index is 2.55. The second kappa shape index (κ2) is 3.61. The molecule has 1 aromatic rings. The summed E-state index contributed by atoms with van der Waals surface area (Å²) in [6.07, 6.45) is 8.95. The van der Waals surface area contributed by atoms with Gasteiger partial charge in [-0.25, -0.2) is 0 Å². The minimum Gasteiger partial charge on any atom is -0.0801 e. The molecule has 0 saturated heterocycles. The molecule has 0 saturated carbocycles. The van der Waals surface area contributed by atoms with Gasteiger partial charge in [0.15, 0.2) is 0 Å². The molecule has 1 aliphatic rings. The second-order valence-corrected chi connectivity index (χ2v) is 3.31. The molecule has 0 unspecified atom stereocenters. The molecule has 0 atom stereocenters. The molecule has 0 spiro atoms. The fraction of sp³-hybridized carbons (Fsp3) is 0.231. The Labute approximate surface area is 79.6 Å². The molecular weight excluding hydrogens is 156 g/mol. The van der Waals surface area contributed by atoms with Gasteiger partial charge in [0.2, 0.25) is 0 Å². The van der Waals surface area contributed by atoms with Crippen LogP contribution in [-0.4, -0.2) is 0 Å². The monoisotopic (exact) mass is 170 g/mol. The van der Waals surface area contributed by atoms with Crippen molar-refractivity contribution in [1.82, 2.24) is 0 Å². The van der Waals surface area contributed by atoms with Crippen molar-refractivity contribution < 1.29 is 0 Å². The first-order valence-corrected chi connectivity index (χ1v) is 4.87. The first-order chi connectivity index (χ1) is 6.42. The second-order valence-electron chi connectivity index (χ2n) is 3.31. The minimum atomic E-state index is 1.07. The van der Waals surface area contributed by atoms with Gasteiger partial charge in [-0.3, -0.25) is 0 Å². The van der Waals surface area contributed by atoms with Crippen LogP contribution in [0.4, 0.5) is 0 Å². The fourth-order valence-electron chi connectivity index (χ4n) is 1.78. The summed E-state index contributed by atoms with van der Waals surface area (Å²) in [7, 11) is 0. The van der Waals surface area contributed by atoms with Crippen LogP contribution in [0.15, 0.2) is 36.4 Å². The lowest BCUT2D eigenvalue weighted by atomic mass is 9.99. The number of hydrogen-bond donors (Lipinski definition) is 0. The van der Waals surface area contributed by atoms with E-state index in [4.69, 9.17) is 0 Å². The van der Waals surface area contributed by atoms with E-state index in [2.05, 4.69) is 49.4 Å². The zero-order valence-corrected chi connectivity index (χ0v) is 7.96. The maximum absolute atomic E-state index is 2.32. The van der Waals surface area contributed by atoms with E-state index >= 15 is 0 Å². The average Bonchev–Trinajstić information content (AvgIpc) is 2.39. The van der Waals surface area contributed by atoms with Crippen LogP contribution in [0.3, 0.4) is 0 Å². The van der Waals surface area contributed by atoms with Crippen LogP contribution in [-0.2, 0) is 0 Å². The number of hydrogen-bond acceptors (Lipinski definition) is 0. The highest BCUT2D eigenvalue weighted by molar-refractivity contribution is 5.75. The summed E-state index contributed by atoms with van der Waals surface area (Å²) in [5, 5.41) is 0. The largest absolute Gasteiger partial charge is 0.0801 e. The van der Waals surface area contributed by atoms with Gasteiger partial charge < -0.3 is 0 Å². The zero-order chi connectivity index (χ0) is 9.10. The maximum atomic E-state index is 2.32. The molecule has 0 radical (unpaired) electrons. The molecule has 0 fully saturated rings. The topological polar surface area (TPSA) is 0 Å². The molecule has 13 heavy (non-hydrogen) atoms.